The molecule has 0 radical (unpaired) electrons. The lowest BCUT2D eigenvalue weighted by Gasteiger charge is -2.22. The highest BCUT2D eigenvalue weighted by atomic mass is 31.1. The molecule has 0 spiro atoms. The van der Waals surface area contributed by atoms with Crippen LogP contribution in [0.2, 0.25) is 0 Å². The fraction of sp³-hybridized carbons (Fsp3) is 0.143. The molecule has 0 N–H and O–H groups in total. The van der Waals surface area contributed by atoms with E-state index in [2.05, 4.69) is 36.4 Å². The summed E-state index contributed by atoms with van der Waals surface area (Å²) in [7, 11) is 4.34. The minimum atomic E-state index is -0.744. The molecule has 0 aliphatic rings. The molecule has 0 bridgehead atoms. The lowest BCUT2D eigenvalue weighted by molar-refractivity contribution is 0.415. The SMILES string of the molecule is COc1ccc(P(c2ccc(OC)cc2)c2ccccc2OC)cc1. The van der Waals surface area contributed by atoms with E-state index in [0.29, 0.717) is 0 Å². The highest BCUT2D eigenvalue weighted by molar-refractivity contribution is 7.80. The van der Waals surface area contributed by atoms with Crippen LogP contribution in [-0.4, -0.2) is 21.3 Å². The Balaban J connectivity index is 2.12. The molecule has 0 heterocycles. The number of hydrogen-bond acceptors (Lipinski definition) is 3. The molecule has 0 saturated carbocycles. The Morgan fingerprint density at radius 1 is 0.560 bits per heavy atom. The van der Waals surface area contributed by atoms with Gasteiger partial charge in [0, 0.05) is 5.30 Å². The van der Waals surface area contributed by atoms with Crippen LogP contribution in [0, 0.1) is 0 Å². The minimum Gasteiger partial charge on any atom is -0.497 e. The van der Waals surface area contributed by atoms with Crippen LogP contribution in [0.1, 0.15) is 0 Å². The van der Waals surface area contributed by atoms with Gasteiger partial charge >= 0.3 is 0 Å². The molecule has 128 valence electrons. The molecule has 3 aromatic rings. The third kappa shape index (κ3) is 3.78. The summed E-state index contributed by atoms with van der Waals surface area (Å²) in [5.41, 5.74) is 0. The van der Waals surface area contributed by atoms with E-state index in [1.165, 1.54) is 15.9 Å². The average Bonchev–Trinajstić information content (AvgIpc) is 2.69. The monoisotopic (exact) mass is 352 g/mol. The Hall–Kier alpha value is -2.51. The normalized spacial score (nSPS) is 10.6. The molecule has 0 aliphatic heterocycles. The van der Waals surface area contributed by atoms with Crippen molar-refractivity contribution in [2.24, 2.45) is 0 Å². The van der Waals surface area contributed by atoms with Crippen molar-refractivity contribution in [3.8, 4) is 17.2 Å². The van der Waals surface area contributed by atoms with Crippen LogP contribution < -0.4 is 30.1 Å². The average molecular weight is 352 g/mol. The molecule has 0 unspecified atom stereocenters. The Bertz CT molecular complexity index is 766. The maximum atomic E-state index is 5.63. The summed E-state index contributed by atoms with van der Waals surface area (Å²) in [6.07, 6.45) is 0. The van der Waals surface area contributed by atoms with E-state index in [0.717, 1.165) is 17.2 Å². The van der Waals surface area contributed by atoms with Gasteiger partial charge in [0.1, 0.15) is 17.2 Å². The fourth-order valence-corrected chi connectivity index (χ4v) is 5.07. The zero-order chi connectivity index (χ0) is 17.6. The van der Waals surface area contributed by atoms with Crippen LogP contribution >= 0.6 is 7.92 Å². The van der Waals surface area contributed by atoms with Crippen molar-refractivity contribution in [1.29, 1.82) is 0 Å². The van der Waals surface area contributed by atoms with Crippen molar-refractivity contribution >= 4 is 23.8 Å². The van der Waals surface area contributed by atoms with Gasteiger partial charge in [0.2, 0.25) is 0 Å². The molecule has 25 heavy (non-hydrogen) atoms. The Kier molecular flexibility index (Phi) is 5.57. The second kappa shape index (κ2) is 8.04. The molecule has 3 rings (SSSR count). The number of hydrogen-bond donors (Lipinski definition) is 0. The zero-order valence-electron chi connectivity index (χ0n) is 14.6. The Morgan fingerprint density at radius 2 is 1.04 bits per heavy atom. The molecule has 0 atom stereocenters. The second-order valence-corrected chi connectivity index (χ2v) is 7.59. The van der Waals surface area contributed by atoms with Gasteiger partial charge in [0.25, 0.3) is 0 Å². The van der Waals surface area contributed by atoms with Crippen molar-refractivity contribution < 1.29 is 14.2 Å². The van der Waals surface area contributed by atoms with Gasteiger partial charge in [0.15, 0.2) is 0 Å². The fourth-order valence-electron chi connectivity index (χ4n) is 2.70. The molecule has 0 amide bonds. The quantitative estimate of drug-likeness (QED) is 0.636. The van der Waals surface area contributed by atoms with Crippen molar-refractivity contribution in [3.05, 3.63) is 72.8 Å². The molecular formula is C21H21O3P. The second-order valence-electron chi connectivity index (χ2n) is 5.40. The first-order valence-electron chi connectivity index (χ1n) is 7.98. The smallest absolute Gasteiger partial charge is 0.127 e. The third-order valence-corrected chi connectivity index (χ3v) is 6.47. The third-order valence-electron chi connectivity index (χ3n) is 3.99. The van der Waals surface area contributed by atoms with Gasteiger partial charge in [-0.15, -0.1) is 0 Å². The largest absolute Gasteiger partial charge is 0.497 e. The van der Waals surface area contributed by atoms with E-state index >= 15 is 0 Å². The molecule has 4 heteroatoms. The van der Waals surface area contributed by atoms with E-state index < -0.39 is 7.92 Å². The van der Waals surface area contributed by atoms with Crippen LogP contribution in [-0.2, 0) is 0 Å². The standard InChI is InChI=1S/C21H21O3P/c1-22-16-8-12-18(13-9-16)25(19-14-10-17(23-2)11-15-19)21-7-5-4-6-20(21)24-3/h4-15H,1-3H3. The number of benzene rings is 3. The van der Waals surface area contributed by atoms with Gasteiger partial charge in [-0.05, 0) is 48.9 Å². The number of para-hydroxylation sites is 1. The molecule has 0 aromatic heterocycles. The van der Waals surface area contributed by atoms with Gasteiger partial charge < -0.3 is 14.2 Å². The summed E-state index contributed by atoms with van der Waals surface area (Å²) in [4.78, 5) is 0. The Labute approximate surface area is 149 Å². The van der Waals surface area contributed by atoms with E-state index in [9.17, 15) is 0 Å². The van der Waals surface area contributed by atoms with E-state index in [1.807, 2.05) is 36.4 Å². The van der Waals surface area contributed by atoms with Crippen LogP contribution in [0.15, 0.2) is 72.8 Å². The van der Waals surface area contributed by atoms with Crippen molar-refractivity contribution in [1.82, 2.24) is 0 Å². The van der Waals surface area contributed by atoms with Crippen LogP contribution in [0.5, 0.6) is 17.2 Å². The molecule has 0 saturated heterocycles. The number of ether oxygens (including phenoxy) is 3. The first-order chi connectivity index (χ1) is 12.3. The van der Waals surface area contributed by atoms with Crippen molar-refractivity contribution in [2.45, 2.75) is 0 Å². The summed E-state index contributed by atoms with van der Waals surface area (Å²) in [5, 5.41) is 3.67. The molecule has 3 nitrogen and oxygen atoms in total. The molecular weight excluding hydrogens is 331 g/mol. The molecule has 0 fully saturated rings. The lowest BCUT2D eigenvalue weighted by Crippen LogP contribution is -2.21. The minimum absolute atomic E-state index is 0.744. The summed E-state index contributed by atoms with van der Waals surface area (Å²) < 4.78 is 16.2. The number of rotatable bonds is 6. The van der Waals surface area contributed by atoms with Crippen molar-refractivity contribution in [3.63, 3.8) is 0 Å². The van der Waals surface area contributed by atoms with E-state index in [1.54, 1.807) is 21.3 Å². The van der Waals surface area contributed by atoms with Crippen molar-refractivity contribution in [2.75, 3.05) is 21.3 Å². The van der Waals surface area contributed by atoms with Gasteiger partial charge in [-0.3, -0.25) is 0 Å². The van der Waals surface area contributed by atoms with Gasteiger partial charge in [-0.1, -0.05) is 42.5 Å². The Morgan fingerprint density at radius 3 is 1.48 bits per heavy atom. The summed E-state index contributed by atoms with van der Waals surface area (Å²) in [6, 6.07) is 24.7. The zero-order valence-corrected chi connectivity index (χ0v) is 15.5. The summed E-state index contributed by atoms with van der Waals surface area (Å²) in [6.45, 7) is 0. The molecule has 3 aromatic carbocycles. The highest BCUT2D eigenvalue weighted by Gasteiger charge is 2.20. The summed E-state index contributed by atoms with van der Waals surface area (Å²) in [5.74, 6) is 2.61. The van der Waals surface area contributed by atoms with E-state index in [-0.39, 0.29) is 0 Å². The maximum Gasteiger partial charge on any atom is 0.127 e. The van der Waals surface area contributed by atoms with Gasteiger partial charge in [-0.2, -0.15) is 0 Å². The predicted octanol–water partition coefficient (Wildman–Crippen LogP) is 3.47. The van der Waals surface area contributed by atoms with E-state index in [4.69, 9.17) is 14.2 Å². The van der Waals surface area contributed by atoms with Crippen LogP contribution in [0.25, 0.3) is 0 Å². The topological polar surface area (TPSA) is 27.7 Å². The first kappa shape index (κ1) is 17.3. The van der Waals surface area contributed by atoms with Crippen LogP contribution in [0.4, 0.5) is 0 Å². The maximum absolute atomic E-state index is 5.63. The lowest BCUT2D eigenvalue weighted by atomic mass is 10.3. The van der Waals surface area contributed by atoms with Crippen LogP contribution in [0.3, 0.4) is 0 Å². The highest BCUT2D eigenvalue weighted by Crippen LogP contribution is 2.37. The summed E-state index contributed by atoms with van der Waals surface area (Å²) >= 11 is 0. The number of methoxy groups -OCH3 is 3. The van der Waals surface area contributed by atoms with Gasteiger partial charge in [-0.25, -0.2) is 0 Å². The predicted molar refractivity (Wildman–Crippen MR) is 105 cm³/mol. The van der Waals surface area contributed by atoms with Gasteiger partial charge in [0.05, 0.1) is 21.3 Å². The first-order valence-corrected chi connectivity index (χ1v) is 9.32. The molecule has 0 aliphatic carbocycles.